The molecule has 8 heteroatoms. The molecule has 0 aliphatic carbocycles. The highest BCUT2D eigenvalue weighted by atomic mass is 35.5. The molecule has 1 saturated heterocycles. The van der Waals surface area contributed by atoms with Gasteiger partial charge >= 0.3 is 10.4 Å². The van der Waals surface area contributed by atoms with Crippen molar-refractivity contribution in [1.82, 2.24) is 9.80 Å². The highest BCUT2D eigenvalue weighted by Crippen LogP contribution is 2.30. The zero-order valence-corrected chi connectivity index (χ0v) is 29.8. The summed E-state index contributed by atoms with van der Waals surface area (Å²) in [5.41, 5.74) is 2.68. The van der Waals surface area contributed by atoms with E-state index in [4.69, 9.17) is 16.2 Å². The highest BCUT2D eigenvalue weighted by molar-refractivity contribution is 7.80. The Morgan fingerprint density at radius 3 is 1.69 bits per heavy atom. The zero-order chi connectivity index (χ0) is 32.6. The molecule has 1 aliphatic heterocycles. The SMILES string of the molecule is CCCCCCCCCCCCCCCCCCOS(=O)(=O)O.CN1CCCN(C(c2ccccc2)c2ccc(Cl)cc2)CC1. The average molecular weight is 665 g/mol. The lowest BCUT2D eigenvalue weighted by Gasteiger charge is -2.31. The van der Waals surface area contributed by atoms with Gasteiger partial charge < -0.3 is 4.90 Å². The number of benzene rings is 2. The zero-order valence-electron chi connectivity index (χ0n) is 28.2. The van der Waals surface area contributed by atoms with Crippen molar-refractivity contribution in [2.45, 2.75) is 122 Å². The molecule has 0 spiro atoms. The normalized spacial score (nSPS) is 15.3. The number of nitrogens with zero attached hydrogens (tertiary/aromatic N) is 2. The number of likely N-dealkylation sites (N-methyl/N-ethyl adjacent to an activating group) is 1. The molecule has 1 aliphatic rings. The second-order valence-electron chi connectivity index (χ2n) is 12.6. The molecule has 1 fully saturated rings. The third-order valence-electron chi connectivity index (χ3n) is 8.65. The van der Waals surface area contributed by atoms with Gasteiger partial charge in [0.15, 0.2) is 0 Å². The van der Waals surface area contributed by atoms with E-state index in [0.29, 0.717) is 12.5 Å². The molecular formula is C37H61ClN2O4S. The van der Waals surface area contributed by atoms with E-state index < -0.39 is 10.4 Å². The Hall–Kier alpha value is -1.48. The van der Waals surface area contributed by atoms with E-state index in [2.05, 4.69) is 70.4 Å². The van der Waals surface area contributed by atoms with Crippen LogP contribution in [0.5, 0.6) is 0 Å². The van der Waals surface area contributed by atoms with Gasteiger partial charge in [0.25, 0.3) is 0 Å². The molecular weight excluding hydrogens is 604 g/mol. The van der Waals surface area contributed by atoms with Crippen LogP contribution >= 0.6 is 11.6 Å². The molecule has 1 N–H and O–H groups in total. The second-order valence-corrected chi connectivity index (χ2v) is 14.1. The molecule has 0 saturated carbocycles. The third-order valence-corrected chi connectivity index (χ3v) is 9.37. The van der Waals surface area contributed by atoms with Gasteiger partial charge in [-0.05, 0) is 49.7 Å². The van der Waals surface area contributed by atoms with E-state index in [1.165, 1.54) is 108 Å². The van der Waals surface area contributed by atoms with Crippen LogP contribution in [-0.2, 0) is 14.6 Å². The number of halogens is 1. The van der Waals surface area contributed by atoms with Crippen molar-refractivity contribution in [3.05, 3.63) is 70.7 Å². The van der Waals surface area contributed by atoms with Gasteiger partial charge in [-0.3, -0.25) is 9.45 Å². The Morgan fingerprint density at radius 1 is 0.689 bits per heavy atom. The van der Waals surface area contributed by atoms with Crippen LogP contribution in [0, 0.1) is 0 Å². The molecule has 45 heavy (non-hydrogen) atoms. The van der Waals surface area contributed by atoms with Crippen molar-refractivity contribution in [3.8, 4) is 0 Å². The molecule has 6 nitrogen and oxygen atoms in total. The van der Waals surface area contributed by atoms with Crippen LogP contribution in [0.4, 0.5) is 0 Å². The van der Waals surface area contributed by atoms with E-state index in [9.17, 15) is 8.42 Å². The molecule has 256 valence electrons. The molecule has 1 unspecified atom stereocenters. The van der Waals surface area contributed by atoms with Gasteiger partial charge in [0.2, 0.25) is 0 Å². The van der Waals surface area contributed by atoms with Crippen molar-refractivity contribution in [1.29, 1.82) is 0 Å². The van der Waals surface area contributed by atoms with Gasteiger partial charge in [-0.2, -0.15) is 8.42 Å². The molecule has 0 amide bonds. The first kappa shape index (κ1) is 39.7. The Balaban J connectivity index is 0.000000313. The fraction of sp³-hybridized carbons (Fsp3) is 0.676. The topological polar surface area (TPSA) is 70.1 Å². The first-order valence-electron chi connectivity index (χ1n) is 17.6. The quantitative estimate of drug-likeness (QED) is 0.106. The molecule has 1 atom stereocenters. The summed E-state index contributed by atoms with van der Waals surface area (Å²) in [6, 6.07) is 19.4. The summed E-state index contributed by atoms with van der Waals surface area (Å²) in [6.07, 6.45) is 21.7. The minimum Gasteiger partial charge on any atom is -0.305 e. The van der Waals surface area contributed by atoms with Crippen LogP contribution in [0.25, 0.3) is 0 Å². The lowest BCUT2D eigenvalue weighted by atomic mass is 9.97. The molecule has 1 heterocycles. The maximum atomic E-state index is 10.3. The first-order chi connectivity index (χ1) is 21.8. The van der Waals surface area contributed by atoms with E-state index in [1.807, 2.05) is 12.1 Å². The minimum absolute atomic E-state index is 0.0945. The van der Waals surface area contributed by atoms with E-state index >= 15 is 0 Å². The number of rotatable bonds is 21. The highest BCUT2D eigenvalue weighted by Gasteiger charge is 2.24. The van der Waals surface area contributed by atoms with Crippen molar-refractivity contribution >= 4 is 22.0 Å². The standard InChI is InChI=1S/C19H23ClN2.C18H38O4S/c1-21-12-5-13-22(15-14-21)19(16-6-3-2-4-7-16)17-8-10-18(20)11-9-17;1-2-3-4-5-6-7-8-9-10-11-12-13-14-15-16-17-18-22-23(19,20)21/h2-4,6-11,19H,5,12-15H2,1H3;2-18H2,1H3,(H,19,20,21). The molecule has 0 bridgehead atoms. The first-order valence-corrected chi connectivity index (χ1v) is 19.4. The maximum absolute atomic E-state index is 10.3. The van der Waals surface area contributed by atoms with Crippen LogP contribution in [0.15, 0.2) is 54.6 Å². The summed E-state index contributed by atoms with van der Waals surface area (Å²) >= 11 is 6.07. The van der Waals surface area contributed by atoms with Crippen LogP contribution in [0.3, 0.4) is 0 Å². The van der Waals surface area contributed by atoms with Crippen LogP contribution in [-0.4, -0.2) is 62.6 Å². The Kier molecular flexibility index (Phi) is 21.8. The summed E-state index contributed by atoms with van der Waals surface area (Å²) in [6.45, 7) is 6.89. The summed E-state index contributed by atoms with van der Waals surface area (Å²) in [4.78, 5) is 5.02. The predicted octanol–water partition coefficient (Wildman–Crippen LogP) is 10.1. The smallest absolute Gasteiger partial charge is 0.305 e. The largest absolute Gasteiger partial charge is 0.397 e. The average Bonchev–Trinajstić information content (AvgIpc) is 3.24. The number of hydrogen-bond acceptors (Lipinski definition) is 5. The lowest BCUT2D eigenvalue weighted by Crippen LogP contribution is -2.33. The van der Waals surface area contributed by atoms with Crippen molar-refractivity contribution in [3.63, 3.8) is 0 Å². The van der Waals surface area contributed by atoms with E-state index in [1.54, 1.807) is 0 Å². The van der Waals surface area contributed by atoms with Gasteiger partial charge in [0.05, 0.1) is 12.6 Å². The third kappa shape index (κ3) is 19.7. The molecule has 3 rings (SSSR count). The van der Waals surface area contributed by atoms with Gasteiger partial charge in [0.1, 0.15) is 0 Å². The molecule has 2 aromatic rings. The van der Waals surface area contributed by atoms with Crippen LogP contribution < -0.4 is 0 Å². The minimum atomic E-state index is -4.24. The second kappa shape index (κ2) is 24.7. The monoisotopic (exact) mass is 664 g/mol. The molecule has 2 aromatic carbocycles. The molecule has 0 radical (unpaired) electrons. The van der Waals surface area contributed by atoms with Crippen LogP contribution in [0.1, 0.15) is 133 Å². The summed E-state index contributed by atoms with van der Waals surface area (Å²) in [7, 11) is -2.03. The lowest BCUT2D eigenvalue weighted by molar-refractivity contribution is 0.231. The Bertz CT molecular complexity index is 1090. The summed E-state index contributed by atoms with van der Waals surface area (Å²) in [5.74, 6) is 0. The molecule has 0 aromatic heterocycles. The summed E-state index contributed by atoms with van der Waals surface area (Å²) < 4.78 is 33.3. The van der Waals surface area contributed by atoms with Gasteiger partial charge in [-0.25, -0.2) is 4.18 Å². The van der Waals surface area contributed by atoms with E-state index in [0.717, 1.165) is 37.5 Å². The van der Waals surface area contributed by atoms with Crippen molar-refractivity contribution in [2.24, 2.45) is 0 Å². The Labute approximate surface area is 280 Å². The Morgan fingerprint density at radius 2 is 1.18 bits per heavy atom. The van der Waals surface area contributed by atoms with Gasteiger partial charge in [-0.1, -0.05) is 157 Å². The van der Waals surface area contributed by atoms with Crippen LogP contribution in [0.2, 0.25) is 5.02 Å². The predicted molar refractivity (Wildman–Crippen MR) is 190 cm³/mol. The fourth-order valence-electron chi connectivity index (χ4n) is 6.03. The maximum Gasteiger partial charge on any atom is 0.397 e. The van der Waals surface area contributed by atoms with Gasteiger partial charge in [-0.15, -0.1) is 0 Å². The van der Waals surface area contributed by atoms with Crippen molar-refractivity contribution < 1.29 is 17.2 Å². The van der Waals surface area contributed by atoms with E-state index in [-0.39, 0.29) is 6.61 Å². The summed E-state index contributed by atoms with van der Waals surface area (Å²) in [5, 5.41) is 0.797. The number of hydrogen-bond donors (Lipinski definition) is 1. The fourth-order valence-corrected chi connectivity index (χ4v) is 6.49. The number of unbranched alkanes of at least 4 members (excludes halogenated alkanes) is 15. The van der Waals surface area contributed by atoms with Crippen molar-refractivity contribution in [2.75, 3.05) is 39.8 Å². The van der Waals surface area contributed by atoms with Gasteiger partial charge in [0, 0.05) is 24.7 Å².